The Balaban J connectivity index is 1.53. The van der Waals surface area contributed by atoms with Crippen LogP contribution in [0.2, 0.25) is 0 Å². The van der Waals surface area contributed by atoms with Gasteiger partial charge in [-0.1, -0.05) is 36.4 Å². The van der Waals surface area contributed by atoms with Crippen LogP contribution in [-0.4, -0.2) is 21.1 Å². The summed E-state index contributed by atoms with van der Waals surface area (Å²) in [5.74, 6) is 0.811. The fraction of sp³-hybridized carbons (Fsp3) is 0.150. The number of benzene rings is 2. The molecule has 3 aromatic rings. The van der Waals surface area contributed by atoms with Crippen molar-refractivity contribution in [2.24, 2.45) is 0 Å². The van der Waals surface area contributed by atoms with Crippen LogP contribution in [0.1, 0.15) is 17.2 Å². The number of carbonyl (C=O) groups excluding carboxylic acids is 1. The van der Waals surface area contributed by atoms with E-state index in [0.717, 1.165) is 16.9 Å². The molecule has 0 aliphatic carbocycles. The molecule has 2 aromatic carbocycles. The van der Waals surface area contributed by atoms with E-state index in [4.69, 9.17) is 9.47 Å². The smallest absolute Gasteiger partial charge is 0.251 e. The Hall–Kier alpha value is -2.40. The third-order valence-electron chi connectivity index (χ3n) is 4.39. The predicted octanol–water partition coefficient (Wildman–Crippen LogP) is 3.58. The van der Waals surface area contributed by atoms with Gasteiger partial charge in [-0.2, -0.15) is 4.72 Å². The van der Waals surface area contributed by atoms with Gasteiger partial charge in [0.1, 0.15) is 10.3 Å². The van der Waals surface area contributed by atoms with Gasteiger partial charge in [-0.25, -0.2) is 8.42 Å². The van der Waals surface area contributed by atoms with Gasteiger partial charge < -0.3 is 14.8 Å². The van der Waals surface area contributed by atoms with Crippen molar-refractivity contribution in [3.63, 3.8) is 0 Å². The van der Waals surface area contributed by atoms with E-state index < -0.39 is 22.0 Å². The summed E-state index contributed by atoms with van der Waals surface area (Å²) >= 11 is 4.34. The number of sulfonamides is 1. The maximum atomic E-state index is 13.0. The maximum absolute atomic E-state index is 13.0. The van der Waals surface area contributed by atoms with Crippen molar-refractivity contribution in [3.8, 4) is 11.5 Å². The third-order valence-corrected chi connectivity index (χ3v) is 7.92. The highest BCUT2D eigenvalue weighted by Gasteiger charge is 2.28. The van der Waals surface area contributed by atoms with E-state index in [1.54, 1.807) is 48.5 Å². The Morgan fingerprint density at radius 2 is 1.83 bits per heavy atom. The number of nitrogens with one attached hydrogen (secondary N) is 2. The summed E-state index contributed by atoms with van der Waals surface area (Å²) in [7, 11) is -3.88. The van der Waals surface area contributed by atoms with Crippen molar-refractivity contribution in [1.29, 1.82) is 0 Å². The molecule has 1 aliphatic heterocycles. The van der Waals surface area contributed by atoms with Crippen LogP contribution in [0.5, 0.6) is 11.5 Å². The molecule has 30 heavy (non-hydrogen) atoms. The van der Waals surface area contributed by atoms with Crippen LogP contribution in [0.4, 0.5) is 0 Å². The molecule has 1 amide bonds. The van der Waals surface area contributed by atoms with Crippen molar-refractivity contribution < 1.29 is 22.7 Å². The summed E-state index contributed by atoms with van der Waals surface area (Å²) in [6.07, 6.45) is 0. The fourth-order valence-corrected chi connectivity index (χ4v) is 6.13. The summed E-state index contributed by atoms with van der Waals surface area (Å²) < 4.78 is 39.6. The molecule has 0 saturated heterocycles. The predicted molar refractivity (Wildman–Crippen MR) is 116 cm³/mol. The minimum Gasteiger partial charge on any atom is -0.454 e. The first-order chi connectivity index (χ1) is 14.4. The second-order valence-corrected chi connectivity index (χ2v) is 10.8. The lowest BCUT2D eigenvalue weighted by Gasteiger charge is -2.18. The SMILES string of the molecule is O=C(NCc1ccc2c(c1)OCO2)[C@@H](NS(=O)(=O)c1ccc(Br)s1)c1ccccc1. The first-order valence-corrected chi connectivity index (χ1v) is 12.0. The van der Waals surface area contributed by atoms with Crippen LogP contribution in [0.15, 0.2) is 68.7 Å². The molecule has 156 valence electrons. The van der Waals surface area contributed by atoms with E-state index in [0.29, 0.717) is 20.8 Å². The number of ether oxygens (including phenoxy) is 2. The van der Waals surface area contributed by atoms with Gasteiger partial charge in [-0.05, 0) is 51.3 Å². The Morgan fingerprint density at radius 3 is 2.57 bits per heavy atom. The van der Waals surface area contributed by atoms with Crippen LogP contribution in [0.3, 0.4) is 0 Å². The molecule has 0 saturated carbocycles. The van der Waals surface area contributed by atoms with Crippen molar-refractivity contribution in [2.45, 2.75) is 16.8 Å². The van der Waals surface area contributed by atoms with Gasteiger partial charge >= 0.3 is 0 Å². The largest absolute Gasteiger partial charge is 0.454 e. The number of halogens is 1. The normalized spacial score (nSPS) is 13.8. The van der Waals surface area contributed by atoms with Crippen molar-refractivity contribution in [3.05, 3.63) is 75.6 Å². The van der Waals surface area contributed by atoms with Gasteiger partial charge in [-0.15, -0.1) is 11.3 Å². The van der Waals surface area contributed by atoms with Crippen LogP contribution in [0, 0.1) is 0 Å². The van der Waals surface area contributed by atoms with Gasteiger partial charge in [0.25, 0.3) is 10.0 Å². The zero-order valence-corrected chi connectivity index (χ0v) is 18.7. The van der Waals surface area contributed by atoms with E-state index in [-0.39, 0.29) is 17.5 Å². The number of hydrogen-bond donors (Lipinski definition) is 2. The molecule has 0 bridgehead atoms. The van der Waals surface area contributed by atoms with Gasteiger partial charge in [-0.3, -0.25) is 4.79 Å². The number of hydrogen-bond acceptors (Lipinski definition) is 6. The summed E-state index contributed by atoms with van der Waals surface area (Å²) in [6, 6.07) is 16.2. The van der Waals surface area contributed by atoms with Gasteiger partial charge in [0.2, 0.25) is 12.7 Å². The highest BCUT2D eigenvalue weighted by atomic mass is 79.9. The molecule has 0 fully saturated rings. The van der Waals surface area contributed by atoms with Gasteiger partial charge in [0, 0.05) is 6.54 Å². The Kier molecular flexibility index (Phi) is 6.09. The fourth-order valence-electron chi connectivity index (χ4n) is 2.92. The minimum absolute atomic E-state index is 0.124. The van der Waals surface area contributed by atoms with Gasteiger partial charge in [0.15, 0.2) is 11.5 Å². The van der Waals surface area contributed by atoms with Crippen LogP contribution < -0.4 is 19.5 Å². The number of thiophene rings is 1. The van der Waals surface area contributed by atoms with Crippen LogP contribution in [-0.2, 0) is 21.4 Å². The highest BCUT2D eigenvalue weighted by Crippen LogP contribution is 2.32. The van der Waals surface area contributed by atoms with Crippen molar-refractivity contribution in [1.82, 2.24) is 10.0 Å². The Labute approximate surface area is 186 Å². The molecule has 4 rings (SSSR count). The van der Waals surface area contributed by atoms with Crippen LogP contribution in [0.25, 0.3) is 0 Å². The molecular formula is C20H17BrN2O5S2. The molecule has 1 aromatic heterocycles. The molecule has 2 heterocycles. The summed E-state index contributed by atoms with van der Waals surface area (Å²) in [5.41, 5.74) is 1.35. The number of rotatable bonds is 7. The monoisotopic (exact) mass is 508 g/mol. The van der Waals surface area contributed by atoms with Gasteiger partial charge in [0.05, 0.1) is 3.79 Å². The first-order valence-electron chi connectivity index (χ1n) is 8.91. The third kappa shape index (κ3) is 4.67. The van der Waals surface area contributed by atoms with E-state index >= 15 is 0 Å². The van der Waals surface area contributed by atoms with Crippen LogP contribution >= 0.6 is 27.3 Å². The number of amides is 1. The second kappa shape index (κ2) is 8.76. The molecule has 1 atom stereocenters. The minimum atomic E-state index is -3.88. The molecular weight excluding hydrogens is 492 g/mol. The summed E-state index contributed by atoms with van der Waals surface area (Å²) in [6.45, 7) is 0.382. The second-order valence-electron chi connectivity index (χ2n) is 6.43. The standard InChI is InChI=1S/C20H17BrN2O5S2/c21-17-8-9-18(29-17)30(25,26)23-19(14-4-2-1-3-5-14)20(24)22-11-13-6-7-15-16(10-13)28-12-27-15/h1-10,19,23H,11-12H2,(H,22,24)/t19-/m0/s1. The summed E-state index contributed by atoms with van der Waals surface area (Å²) in [4.78, 5) is 13.0. The van der Waals surface area contributed by atoms with Crippen molar-refractivity contribution >= 4 is 43.2 Å². The quantitative estimate of drug-likeness (QED) is 0.508. The lowest BCUT2D eigenvalue weighted by Crippen LogP contribution is -2.40. The molecule has 0 radical (unpaired) electrons. The number of fused-ring (bicyclic) bond motifs is 1. The molecule has 2 N–H and O–H groups in total. The van der Waals surface area contributed by atoms with E-state index in [2.05, 4.69) is 26.0 Å². The first kappa shape index (κ1) is 20.9. The number of carbonyl (C=O) groups is 1. The molecule has 1 aliphatic rings. The molecule has 7 nitrogen and oxygen atoms in total. The average molecular weight is 509 g/mol. The zero-order valence-electron chi connectivity index (χ0n) is 15.5. The molecule has 0 unspecified atom stereocenters. The van der Waals surface area contributed by atoms with E-state index in [9.17, 15) is 13.2 Å². The Morgan fingerprint density at radius 1 is 1.07 bits per heavy atom. The lowest BCUT2D eigenvalue weighted by molar-refractivity contribution is -0.123. The maximum Gasteiger partial charge on any atom is 0.251 e. The van der Waals surface area contributed by atoms with E-state index in [1.807, 2.05) is 6.07 Å². The Bertz CT molecular complexity index is 1160. The van der Waals surface area contributed by atoms with E-state index in [1.165, 1.54) is 6.07 Å². The zero-order chi connectivity index (χ0) is 21.1. The molecule has 0 spiro atoms. The average Bonchev–Trinajstić information content (AvgIpc) is 3.39. The van der Waals surface area contributed by atoms with Crippen molar-refractivity contribution in [2.75, 3.05) is 6.79 Å². The molecule has 10 heteroatoms. The summed E-state index contributed by atoms with van der Waals surface area (Å²) in [5, 5.41) is 2.80. The highest BCUT2D eigenvalue weighted by molar-refractivity contribution is 9.11. The topological polar surface area (TPSA) is 93.7 Å². The lowest BCUT2D eigenvalue weighted by atomic mass is 10.1.